The van der Waals surface area contributed by atoms with E-state index < -0.39 is 5.60 Å². The highest BCUT2D eigenvalue weighted by Crippen LogP contribution is 2.27. The molecular weight excluding hydrogens is 202 g/mol. The third kappa shape index (κ3) is 1.80. The van der Waals surface area contributed by atoms with Gasteiger partial charge in [0.25, 0.3) is 0 Å². The molecule has 0 atom stereocenters. The molecule has 0 amide bonds. The van der Waals surface area contributed by atoms with Crippen LogP contribution in [0.1, 0.15) is 11.1 Å². The van der Waals surface area contributed by atoms with Gasteiger partial charge in [0.1, 0.15) is 5.60 Å². The van der Waals surface area contributed by atoms with Gasteiger partial charge >= 0.3 is 0 Å². The lowest BCUT2D eigenvalue weighted by Gasteiger charge is -2.27. The molecule has 4 nitrogen and oxygen atoms in total. The van der Waals surface area contributed by atoms with Gasteiger partial charge in [-0.3, -0.25) is 9.97 Å². The Balaban J connectivity index is 2.49. The van der Waals surface area contributed by atoms with Crippen molar-refractivity contribution in [2.24, 2.45) is 5.73 Å². The second kappa shape index (κ2) is 4.38. The zero-order chi connectivity index (χ0) is 11.4. The number of nitrogens with zero attached hydrogens (tertiary/aromatic N) is 2. The van der Waals surface area contributed by atoms with Crippen LogP contribution in [0.25, 0.3) is 0 Å². The molecule has 0 aliphatic heterocycles. The van der Waals surface area contributed by atoms with Crippen LogP contribution >= 0.6 is 0 Å². The van der Waals surface area contributed by atoms with Gasteiger partial charge in [-0.05, 0) is 35.4 Å². The Morgan fingerprint density at radius 3 is 1.62 bits per heavy atom. The van der Waals surface area contributed by atoms with Crippen LogP contribution < -0.4 is 5.73 Å². The maximum absolute atomic E-state index is 10.6. The Morgan fingerprint density at radius 1 is 0.938 bits per heavy atom. The normalized spacial score (nSPS) is 11.4. The molecule has 0 aliphatic carbocycles. The smallest absolute Gasteiger partial charge is 0.127 e. The van der Waals surface area contributed by atoms with Gasteiger partial charge in [0.05, 0.1) is 0 Å². The monoisotopic (exact) mass is 215 g/mol. The molecule has 0 aromatic carbocycles. The summed E-state index contributed by atoms with van der Waals surface area (Å²) in [6.07, 6.45) is 6.54. The molecule has 2 rings (SSSR count). The van der Waals surface area contributed by atoms with Crippen molar-refractivity contribution >= 4 is 0 Å². The summed E-state index contributed by atoms with van der Waals surface area (Å²) in [6, 6.07) is 7.03. The molecule has 2 heterocycles. The third-order valence-electron chi connectivity index (χ3n) is 2.61. The first-order valence-electron chi connectivity index (χ1n) is 5.01. The minimum absolute atomic E-state index is 0.112. The first kappa shape index (κ1) is 10.7. The van der Waals surface area contributed by atoms with E-state index in [0.29, 0.717) is 0 Å². The lowest BCUT2D eigenvalue weighted by molar-refractivity contribution is 0.0900. The number of nitrogens with two attached hydrogens (primary N) is 1. The highest BCUT2D eigenvalue weighted by Gasteiger charge is 2.29. The summed E-state index contributed by atoms with van der Waals surface area (Å²) in [5.41, 5.74) is 5.97. The van der Waals surface area contributed by atoms with E-state index in [-0.39, 0.29) is 6.54 Å². The molecular formula is C12H13N3O. The lowest BCUT2D eigenvalue weighted by atomic mass is 9.88. The van der Waals surface area contributed by atoms with Crippen molar-refractivity contribution in [1.82, 2.24) is 9.97 Å². The summed E-state index contributed by atoms with van der Waals surface area (Å²) in [6.45, 7) is 0.112. The fourth-order valence-corrected chi connectivity index (χ4v) is 1.66. The van der Waals surface area contributed by atoms with E-state index in [1.807, 2.05) is 0 Å². The molecule has 0 bridgehead atoms. The van der Waals surface area contributed by atoms with Crippen molar-refractivity contribution in [1.29, 1.82) is 0 Å². The van der Waals surface area contributed by atoms with Crippen molar-refractivity contribution < 1.29 is 5.11 Å². The zero-order valence-corrected chi connectivity index (χ0v) is 8.74. The van der Waals surface area contributed by atoms with E-state index in [9.17, 15) is 5.11 Å². The van der Waals surface area contributed by atoms with Crippen molar-refractivity contribution in [2.75, 3.05) is 6.54 Å². The predicted octanol–water partition coefficient (Wildman–Crippen LogP) is 0.671. The summed E-state index contributed by atoms with van der Waals surface area (Å²) in [5, 5.41) is 10.6. The topological polar surface area (TPSA) is 72.0 Å². The van der Waals surface area contributed by atoms with Crippen molar-refractivity contribution in [3.05, 3.63) is 60.2 Å². The van der Waals surface area contributed by atoms with Crippen molar-refractivity contribution in [3.63, 3.8) is 0 Å². The fourth-order valence-electron chi connectivity index (χ4n) is 1.66. The summed E-state index contributed by atoms with van der Waals surface area (Å²) in [5.74, 6) is 0. The number of pyridine rings is 2. The highest BCUT2D eigenvalue weighted by atomic mass is 16.3. The van der Waals surface area contributed by atoms with Crippen LogP contribution in [-0.2, 0) is 5.60 Å². The standard InChI is InChI=1S/C12H13N3O/c13-9-12(16,10-1-5-14-6-2-10)11-3-7-15-8-4-11/h1-8,16H,9,13H2. The third-order valence-corrected chi connectivity index (χ3v) is 2.61. The summed E-state index contributed by atoms with van der Waals surface area (Å²) >= 11 is 0. The Morgan fingerprint density at radius 2 is 1.31 bits per heavy atom. The van der Waals surface area contributed by atoms with Crippen LogP contribution in [-0.4, -0.2) is 21.6 Å². The second-order valence-corrected chi connectivity index (χ2v) is 3.54. The van der Waals surface area contributed by atoms with E-state index >= 15 is 0 Å². The minimum Gasteiger partial charge on any atom is -0.379 e. The van der Waals surface area contributed by atoms with Gasteiger partial charge in [0, 0.05) is 31.3 Å². The van der Waals surface area contributed by atoms with E-state index in [2.05, 4.69) is 9.97 Å². The van der Waals surface area contributed by atoms with Gasteiger partial charge in [0.15, 0.2) is 0 Å². The molecule has 0 radical (unpaired) electrons. The average molecular weight is 215 g/mol. The molecule has 0 saturated carbocycles. The van der Waals surface area contributed by atoms with E-state index in [0.717, 1.165) is 11.1 Å². The van der Waals surface area contributed by atoms with E-state index in [4.69, 9.17) is 5.73 Å². The molecule has 0 unspecified atom stereocenters. The summed E-state index contributed by atoms with van der Waals surface area (Å²) < 4.78 is 0. The van der Waals surface area contributed by atoms with Gasteiger partial charge < -0.3 is 10.8 Å². The summed E-state index contributed by atoms with van der Waals surface area (Å²) in [4.78, 5) is 7.85. The van der Waals surface area contributed by atoms with Crippen molar-refractivity contribution in [3.8, 4) is 0 Å². The van der Waals surface area contributed by atoms with Crippen LogP contribution in [0.3, 0.4) is 0 Å². The number of rotatable bonds is 3. The number of aliphatic hydroxyl groups is 1. The van der Waals surface area contributed by atoms with Gasteiger partial charge in [-0.1, -0.05) is 0 Å². The van der Waals surface area contributed by atoms with Crippen LogP contribution in [0.15, 0.2) is 49.1 Å². The molecule has 3 N–H and O–H groups in total. The van der Waals surface area contributed by atoms with Gasteiger partial charge in [0.2, 0.25) is 0 Å². The van der Waals surface area contributed by atoms with Crippen LogP contribution in [0.2, 0.25) is 0 Å². The van der Waals surface area contributed by atoms with Gasteiger partial charge in [-0.2, -0.15) is 0 Å². The molecule has 2 aromatic rings. The fraction of sp³-hybridized carbons (Fsp3) is 0.167. The molecule has 0 spiro atoms. The average Bonchev–Trinajstić information content (AvgIpc) is 2.40. The SMILES string of the molecule is NCC(O)(c1ccncc1)c1ccncc1. The Kier molecular flexibility index (Phi) is 2.94. The van der Waals surface area contributed by atoms with Crippen molar-refractivity contribution in [2.45, 2.75) is 5.60 Å². The van der Waals surface area contributed by atoms with Crippen LogP contribution in [0.5, 0.6) is 0 Å². The Bertz CT molecular complexity index is 405. The van der Waals surface area contributed by atoms with Crippen LogP contribution in [0, 0.1) is 0 Å². The van der Waals surface area contributed by atoms with E-state index in [1.54, 1.807) is 49.1 Å². The first-order chi connectivity index (χ1) is 7.77. The summed E-state index contributed by atoms with van der Waals surface area (Å²) in [7, 11) is 0. The quantitative estimate of drug-likeness (QED) is 0.789. The maximum atomic E-state index is 10.6. The van der Waals surface area contributed by atoms with E-state index in [1.165, 1.54) is 0 Å². The molecule has 4 heteroatoms. The number of aromatic nitrogens is 2. The van der Waals surface area contributed by atoms with Gasteiger partial charge in [-0.15, -0.1) is 0 Å². The highest BCUT2D eigenvalue weighted by molar-refractivity contribution is 5.34. The lowest BCUT2D eigenvalue weighted by Crippen LogP contribution is -2.36. The number of hydrogen-bond acceptors (Lipinski definition) is 4. The molecule has 2 aromatic heterocycles. The number of hydrogen-bond donors (Lipinski definition) is 2. The predicted molar refractivity (Wildman–Crippen MR) is 60.5 cm³/mol. The Labute approximate surface area is 93.8 Å². The minimum atomic E-state index is -1.17. The molecule has 16 heavy (non-hydrogen) atoms. The Hall–Kier alpha value is -1.78. The second-order valence-electron chi connectivity index (χ2n) is 3.54. The molecule has 0 fully saturated rings. The molecule has 82 valence electrons. The van der Waals surface area contributed by atoms with Crippen LogP contribution in [0.4, 0.5) is 0 Å². The largest absolute Gasteiger partial charge is 0.379 e. The van der Waals surface area contributed by atoms with Gasteiger partial charge in [-0.25, -0.2) is 0 Å². The first-order valence-corrected chi connectivity index (χ1v) is 5.01. The molecule has 0 aliphatic rings. The maximum Gasteiger partial charge on any atom is 0.127 e. The molecule has 0 saturated heterocycles. The zero-order valence-electron chi connectivity index (χ0n) is 8.74.